The molecule has 3 N–H and O–H groups in total. The largest absolute Gasteiger partial charge is 0.464 e. The molecular formula is C16H17N3O2. The van der Waals surface area contributed by atoms with E-state index in [4.69, 9.17) is 4.42 Å². The predicted octanol–water partition coefficient (Wildman–Crippen LogP) is 3.44. The summed E-state index contributed by atoms with van der Waals surface area (Å²) in [6.07, 6.45) is 0. The molecule has 1 aromatic carbocycles. The van der Waals surface area contributed by atoms with Crippen LogP contribution < -0.4 is 10.9 Å². The second-order valence-electron chi connectivity index (χ2n) is 5.06. The third kappa shape index (κ3) is 2.91. The quantitative estimate of drug-likeness (QED) is 0.686. The lowest BCUT2D eigenvalue weighted by atomic mass is 10.1. The van der Waals surface area contributed by atoms with Crippen molar-refractivity contribution in [3.8, 4) is 11.3 Å². The summed E-state index contributed by atoms with van der Waals surface area (Å²) in [4.78, 5) is 11.1. The Bertz CT molecular complexity index is 780. The van der Waals surface area contributed by atoms with Crippen LogP contribution in [0, 0.1) is 6.92 Å². The molecular weight excluding hydrogens is 266 g/mol. The molecule has 0 aliphatic rings. The van der Waals surface area contributed by atoms with E-state index in [1.807, 2.05) is 43.3 Å². The van der Waals surface area contributed by atoms with Gasteiger partial charge in [0.05, 0.1) is 11.7 Å². The van der Waals surface area contributed by atoms with Crippen LogP contribution in [0.5, 0.6) is 0 Å². The van der Waals surface area contributed by atoms with Gasteiger partial charge < -0.3 is 9.73 Å². The van der Waals surface area contributed by atoms with E-state index in [0.717, 1.165) is 28.5 Å². The molecule has 0 bridgehead atoms. The van der Waals surface area contributed by atoms with Gasteiger partial charge in [0.1, 0.15) is 11.5 Å². The molecule has 0 radical (unpaired) electrons. The van der Waals surface area contributed by atoms with Crippen LogP contribution in [0.2, 0.25) is 0 Å². The van der Waals surface area contributed by atoms with Crippen LogP contribution in [-0.2, 0) is 0 Å². The molecule has 0 aliphatic carbocycles. The SMILES string of the molecule is Cc1ccc(C(C)Nc2ccc(-c3cc(=O)[nH][nH]3)cc2)o1. The molecule has 1 unspecified atom stereocenters. The Kier molecular flexibility index (Phi) is 3.39. The smallest absolute Gasteiger partial charge is 0.264 e. The highest BCUT2D eigenvalue weighted by atomic mass is 16.3. The summed E-state index contributed by atoms with van der Waals surface area (Å²) in [7, 11) is 0. The molecule has 5 heteroatoms. The van der Waals surface area contributed by atoms with Crippen molar-refractivity contribution in [3.05, 3.63) is 64.3 Å². The van der Waals surface area contributed by atoms with Crippen molar-refractivity contribution in [1.29, 1.82) is 0 Å². The molecule has 2 heterocycles. The van der Waals surface area contributed by atoms with Crippen molar-refractivity contribution < 1.29 is 4.42 Å². The fourth-order valence-corrected chi connectivity index (χ4v) is 2.24. The summed E-state index contributed by atoms with van der Waals surface area (Å²) >= 11 is 0. The van der Waals surface area contributed by atoms with E-state index in [-0.39, 0.29) is 11.6 Å². The van der Waals surface area contributed by atoms with E-state index in [9.17, 15) is 4.79 Å². The maximum atomic E-state index is 11.1. The third-order valence-corrected chi connectivity index (χ3v) is 3.36. The van der Waals surface area contributed by atoms with Gasteiger partial charge in [-0.15, -0.1) is 0 Å². The summed E-state index contributed by atoms with van der Waals surface area (Å²) in [5.74, 6) is 1.82. The first-order chi connectivity index (χ1) is 10.1. The predicted molar refractivity (Wildman–Crippen MR) is 82.3 cm³/mol. The summed E-state index contributed by atoms with van der Waals surface area (Å²) in [5.41, 5.74) is 2.61. The standard InChI is InChI=1S/C16H17N3O2/c1-10-3-8-15(21-10)11(2)17-13-6-4-12(5-7-13)14-9-16(20)19-18-14/h3-9,11,17H,1-2H3,(H2,18,19,20). The Morgan fingerprint density at radius 2 is 1.86 bits per heavy atom. The van der Waals surface area contributed by atoms with Crippen LogP contribution in [0.4, 0.5) is 5.69 Å². The maximum Gasteiger partial charge on any atom is 0.264 e. The Balaban J connectivity index is 1.74. The van der Waals surface area contributed by atoms with Gasteiger partial charge in [0, 0.05) is 11.8 Å². The van der Waals surface area contributed by atoms with Crippen molar-refractivity contribution >= 4 is 5.69 Å². The number of nitrogens with one attached hydrogen (secondary N) is 3. The van der Waals surface area contributed by atoms with Gasteiger partial charge in [0.15, 0.2) is 0 Å². The van der Waals surface area contributed by atoms with Crippen LogP contribution in [0.1, 0.15) is 24.5 Å². The van der Waals surface area contributed by atoms with Crippen LogP contribution in [0.15, 0.2) is 51.7 Å². The summed E-state index contributed by atoms with van der Waals surface area (Å²) in [6.45, 7) is 3.98. The Morgan fingerprint density at radius 1 is 1.10 bits per heavy atom. The zero-order valence-corrected chi connectivity index (χ0v) is 11.9. The van der Waals surface area contributed by atoms with Gasteiger partial charge in [0.25, 0.3) is 5.56 Å². The average Bonchev–Trinajstić information content (AvgIpc) is 3.08. The van der Waals surface area contributed by atoms with Gasteiger partial charge in [-0.2, -0.15) is 0 Å². The highest BCUT2D eigenvalue weighted by Gasteiger charge is 2.09. The highest BCUT2D eigenvalue weighted by Crippen LogP contribution is 2.23. The molecule has 108 valence electrons. The summed E-state index contributed by atoms with van der Waals surface area (Å²) in [5, 5.41) is 8.75. The van der Waals surface area contributed by atoms with Crippen LogP contribution in [0.25, 0.3) is 11.3 Å². The molecule has 21 heavy (non-hydrogen) atoms. The molecule has 2 aromatic heterocycles. The van der Waals surface area contributed by atoms with Gasteiger partial charge in [0.2, 0.25) is 0 Å². The van der Waals surface area contributed by atoms with E-state index in [2.05, 4.69) is 22.4 Å². The zero-order chi connectivity index (χ0) is 14.8. The van der Waals surface area contributed by atoms with Crippen molar-refractivity contribution in [2.45, 2.75) is 19.9 Å². The molecule has 5 nitrogen and oxygen atoms in total. The topological polar surface area (TPSA) is 73.8 Å². The lowest BCUT2D eigenvalue weighted by molar-refractivity contribution is 0.467. The minimum Gasteiger partial charge on any atom is -0.464 e. The third-order valence-electron chi connectivity index (χ3n) is 3.36. The number of benzene rings is 1. The Labute approximate surface area is 122 Å². The molecule has 0 amide bonds. The number of aromatic nitrogens is 2. The number of aryl methyl sites for hydroxylation is 1. The fraction of sp³-hybridized carbons (Fsp3) is 0.188. The minimum atomic E-state index is -0.131. The van der Waals surface area contributed by atoms with Crippen LogP contribution in [-0.4, -0.2) is 10.2 Å². The molecule has 3 aromatic rings. The van der Waals surface area contributed by atoms with Crippen LogP contribution in [0.3, 0.4) is 0 Å². The van der Waals surface area contributed by atoms with Gasteiger partial charge in [-0.25, -0.2) is 0 Å². The van der Waals surface area contributed by atoms with Gasteiger partial charge in [-0.1, -0.05) is 12.1 Å². The Morgan fingerprint density at radius 3 is 2.43 bits per heavy atom. The molecule has 0 aliphatic heterocycles. The van der Waals surface area contributed by atoms with E-state index in [0.29, 0.717) is 0 Å². The maximum absolute atomic E-state index is 11.1. The van der Waals surface area contributed by atoms with E-state index < -0.39 is 0 Å². The number of H-pyrrole nitrogens is 2. The van der Waals surface area contributed by atoms with Gasteiger partial charge in [-0.3, -0.25) is 15.0 Å². The average molecular weight is 283 g/mol. The summed E-state index contributed by atoms with van der Waals surface area (Å²) < 4.78 is 5.61. The normalized spacial score (nSPS) is 12.3. The van der Waals surface area contributed by atoms with Crippen molar-refractivity contribution in [2.75, 3.05) is 5.32 Å². The zero-order valence-electron chi connectivity index (χ0n) is 11.9. The van der Waals surface area contributed by atoms with E-state index >= 15 is 0 Å². The molecule has 0 spiro atoms. The first-order valence-corrected chi connectivity index (χ1v) is 6.83. The highest BCUT2D eigenvalue weighted by molar-refractivity contribution is 5.62. The number of hydrogen-bond donors (Lipinski definition) is 3. The Hall–Kier alpha value is -2.69. The van der Waals surface area contributed by atoms with Crippen molar-refractivity contribution in [2.24, 2.45) is 0 Å². The first kappa shape index (κ1) is 13.3. The first-order valence-electron chi connectivity index (χ1n) is 6.83. The second kappa shape index (κ2) is 5.36. The van der Waals surface area contributed by atoms with Crippen molar-refractivity contribution in [1.82, 2.24) is 10.2 Å². The second-order valence-corrected chi connectivity index (χ2v) is 5.06. The summed E-state index contributed by atoms with van der Waals surface area (Å²) in [6, 6.07) is 13.4. The monoisotopic (exact) mass is 283 g/mol. The van der Waals surface area contributed by atoms with Crippen LogP contribution >= 0.6 is 0 Å². The molecule has 0 saturated carbocycles. The molecule has 3 rings (SSSR count). The number of furan rings is 1. The number of rotatable bonds is 4. The lowest BCUT2D eigenvalue weighted by Gasteiger charge is -2.13. The van der Waals surface area contributed by atoms with Gasteiger partial charge >= 0.3 is 0 Å². The number of aromatic amines is 2. The number of hydrogen-bond acceptors (Lipinski definition) is 3. The van der Waals surface area contributed by atoms with E-state index in [1.54, 1.807) is 0 Å². The molecule has 1 atom stereocenters. The fourth-order valence-electron chi connectivity index (χ4n) is 2.24. The lowest BCUT2D eigenvalue weighted by Crippen LogP contribution is -2.05. The molecule has 0 fully saturated rings. The molecule has 0 saturated heterocycles. The van der Waals surface area contributed by atoms with Crippen molar-refractivity contribution in [3.63, 3.8) is 0 Å². The minimum absolute atomic E-state index is 0.0941. The van der Waals surface area contributed by atoms with E-state index in [1.165, 1.54) is 6.07 Å². The number of anilines is 1. The van der Waals surface area contributed by atoms with Gasteiger partial charge in [-0.05, 0) is 43.7 Å².